The second-order valence-electron chi connectivity index (χ2n) is 6.87. The zero-order valence-electron chi connectivity index (χ0n) is 15.8. The Bertz CT molecular complexity index is 1060. The second kappa shape index (κ2) is 7.41. The number of benzene rings is 1. The van der Waals surface area contributed by atoms with Crippen LogP contribution in [-0.2, 0) is 11.3 Å². The highest BCUT2D eigenvalue weighted by atomic mass is 35.5. The molecule has 1 saturated heterocycles. The van der Waals surface area contributed by atoms with Gasteiger partial charge in [0, 0.05) is 18.1 Å². The molecule has 28 heavy (non-hydrogen) atoms. The Morgan fingerprint density at radius 1 is 1.25 bits per heavy atom. The molecule has 1 aromatic carbocycles. The Morgan fingerprint density at radius 2 is 2.00 bits per heavy atom. The fourth-order valence-electron chi connectivity index (χ4n) is 3.49. The maximum absolute atomic E-state index is 11.9. The Labute approximate surface area is 167 Å². The van der Waals surface area contributed by atoms with Crippen molar-refractivity contribution in [2.75, 3.05) is 31.2 Å². The Hall–Kier alpha value is -2.64. The zero-order chi connectivity index (χ0) is 19.8. The van der Waals surface area contributed by atoms with Crippen LogP contribution in [0.15, 0.2) is 24.3 Å². The van der Waals surface area contributed by atoms with Crippen LogP contribution < -0.4 is 4.90 Å². The van der Waals surface area contributed by atoms with Gasteiger partial charge in [-0.3, -0.25) is 0 Å². The number of pyridine rings is 1. The standard InChI is InChI=1S/C20H21ClN4O3/c1-12-14(4-3-5-16(12)21)11-25-13(2)22-18-15(20(26)27)10-17(23-19(18)25)24-6-8-28-9-7-24/h3-5,10H,6-9,11H2,1-2H3,(H,26,27). The summed E-state index contributed by atoms with van der Waals surface area (Å²) in [5, 5.41) is 10.4. The minimum absolute atomic E-state index is 0.163. The predicted octanol–water partition coefficient (Wildman–Crippen LogP) is 3.28. The minimum Gasteiger partial charge on any atom is -0.478 e. The van der Waals surface area contributed by atoms with Crippen molar-refractivity contribution < 1.29 is 14.6 Å². The van der Waals surface area contributed by atoms with Crippen LogP contribution in [0.3, 0.4) is 0 Å². The van der Waals surface area contributed by atoms with Crippen LogP contribution in [0, 0.1) is 13.8 Å². The maximum Gasteiger partial charge on any atom is 0.338 e. The van der Waals surface area contributed by atoms with Gasteiger partial charge in [-0.05, 0) is 37.1 Å². The molecule has 0 spiro atoms. The molecule has 0 atom stereocenters. The number of fused-ring (bicyclic) bond motifs is 1. The number of hydrogen-bond donors (Lipinski definition) is 1. The number of aromatic carboxylic acids is 1. The van der Waals surface area contributed by atoms with E-state index in [4.69, 9.17) is 21.3 Å². The molecule has 0 aliphatic carbocycles. The number of imidazole rings is 1. The van der Waals surface area contributed by atoms with E-state index < -0.39 is 5.97 Å². The van der Waals surface area contributed by atoms with Crippen molar-refractivity contribution in [1.29, 1.82) is 0 Å². The molecule has 1 fully saturated rings. The number of hydrogen-bond acceptors (Lipinski definition) is 5. The zero-order valence-corrected chi connectivity index (χ0v) is 16.5. The number of carboxylic acid groups (broad SMARTS) is 1. The third-order valence-electron chi connectivity index (χ3n) is 5.15. The summed E-state index contributed by atoms with van der Waals surface area (Å²) in [6.07, 6.45) is 0. The molecule has 3 aromatic rings. The van der Waals surface area contributed by atoms with E-state index in [1.54, 1.807) is 6.07 Å². The third-order valence-corrected chi connectivity index (χ3v) is 5.56. The van der Waals surface area contributed by atoms with Gasteiger partial charge in [-0.25, -0.2) is 14.8 Å². The number of rotatable bonds is 4. The summed E-state index contributed by atoms with van der Waals surface area (Å²) < 4.78 is 7.35. The van der Waals surface area contributed by atoms with Gasteiger partial charge in [-0.1, -0.05) is 23.7 Å². The van der Waals surface area contributed by atoms with E-state index >= 15 is 0 Å². The van der Waals surface area contributed by atoms with Crippen LogP contribution in [-0.4, -0.2) is 51.9 Å². The van der Waals surface area contributed by atoms with E-state index in [0.29, 0.717) is 60.7 Å². The van der Waals surface area contributed by atoms with Gasteiger partial charge < -0.3 is 19.3 Å². The lowest BCUT2D eigenvalue weighted by atomic mass is 10.1. The largest absolute Gasteiger partial charge is 0.478 e. The van der Waals surface area contributed by atoms with Gasteiger partial charge in [0.2, 0.25) is 0 Å². The van der Waals surface area contributed by atoms with Crippen LogP contribution in [0.5, 0.6) is 0 Å². The summed E-state index contributed by atoms with van der Waals surface area (Å²) in [5.74, 6) is 0.339. The van der Waals surface area contributed by atoms with Crippen LogP contribution >= 0.6 is 11.6 Å². The van der Waals surface area contributed by atoms with Gasteiger partial charge in [-0.2, -0.15) is 0 Å². The van der Waals surface area contributed by atoms with Crippen LogP contribution in [0.1, 0.15) is 27.3 Å². The number of carbonyl (C=O) groups is 1. The van der Waals surface area contributed by atoms with E-state index in [0.717, 1.165) is 11.1 Å². The minimum atomic E-state index is -1.01. The number of morpholine rings is 1. The van der Waals surface area contributed by atoms with Crippen molar-refractivity contribution in [3.8, 4) is 0 Å². The fraction of sp³-hybridized carbons (Fsp3) is 0.350. The number of carboxylic acids is 1. The van der Waals surface area contributed by atoms with E-state index in [1.165, 1.54) is 0 Å². The predicted molar refractivity (Wildman–Crippen MR) is 108 cm³/mol. The first-order valence-corrected chi connectivity index (χ1v) is 9.51. The number of aryl methyl sites for hydroxylation is 1. The number of aromatic nitrogens is 3. The van der Waals surface area contributed by atoms with Gasteiger partial charge in [0.05, 0.1) is 25.3 Å². The first kappa shape index (κ1) is 18.7. The second-order valence-corrected chi connectivity index (χ2v) is 7.28. The number of ether oxygens (including phenoxy) is 1. The highest BCUT2D eigenvalue weighted by molar-refractivity contribution is 6.31. The lowest BCUT2D eigenvalue weighted by Crippen LogP contribution is -2.37. The molecule has 0 bridgehead atoms. The van der Waals surface area contributed by atoms with Crippen molar-refractivity contribution >= 4 is 34.6 Å². The molecule has 1 aliphatic rings. The quantitative estimate of drug-likeness (QED) is 0.723. The SMILES string of the molecule is Cc1c(Cl)cccc1Cn1c(C)nc2c(C(=O)O)cc(N3CCOCC3)nc21. The molecule has 3 heterocycles. The van der Waals surface area contributed by atoms with E-state index in [2.05, 4.69) is 4.98 Å². The van der Waals surface area contributed by atoms with Crippen LogP contribution in [0.4, 0.5) is 5.82 Å². The van der Waals surface area contributed by atoms with Crippen molar-refractivity contribution in [3.05, 3.63) is 51.8 Å². The molecule has 2 aromatic heterocycles. The molecule has 0 saturated carbocycles. The number of anilines is 1. The van der Waals surface area contributed by atoms with E-state index in [1.807, 2.05) is 41.5 Å². The summed E-state index contributed by atoms with van der Waals surface area (Å²) in [6, 6.07) is 7.39. The normalized spacial score (nSPS) is 14.6. The van der Waals surface area contributed by atoms with Crippen LogP contribution in [0.2, 0.25) is 5.02 Å². The molecule has 0 radical (unpaired) electrons. The molecule has 4 rings (SSSR count). The molecule has 0 amide bonds. The topological polar surface area (TPSA) is 80.5 Å². The summed E-state index contributed by atoms with van der Waals surface area (Å²) in [6.45, 7) is 6.91. The monoisotopic (exact) mass is 400 g/mol. The summed E-state index contributed by atoms with van der Waals surface area (Å²) in [7, 11) is 0. The molecular weight excluding hydrogens is 380 g/mol. The number of nitrogens with zero attached hydrogens (tertiary/aromatic N) is 4. The molecular formula is C20H21ClN4O3. The first-order valence-electron chi connectivity index (χ1n) is 9.13. The summed E-state index contributed by atoms with van der Waals surface area (Å²) in [5.41, 5.74) is 3.18. The average molecular weight is 401 g/mol. The molecule has 146 valence electrons. The van der Waals surface area contributed by atoms with Crippen molar-refractivity contribution in [2.45, 2.75) is 20.4 Å². The first-order chi connectivity index (χ1) is 13.5. The molecule has 8 heteroatoms. The molecule has 7 nitrogen and oxygen atoms in total. The Balaban J connectivity index is 1.86. The van der Waals surface area contributed by atoms with Gasteiger partial charge >= 0.3 is 5.97 Å². The molecule has 1 N–H and O–H groups in total. The third kappa shape index (κ3) is 3.31. The van der Waals surface area contributed by atoms with Crippen molar-refractivity contribution in [3.63, 3.8) is 0 Å². The summed E-state index contributed by atoms with van der Waals surface area (Å²) >= 11 is 6.27. The van der Waals surface area contributed by atoms with E-state index in [-0.39, 0.29) is 5.56 Å². The highest BCUT2D eigenvalue weighted by Gasteiger charge is 2.22. The maximum atomic E-state index is 11.9. The fourth-order valence-corrected chi connectivity index (χ4v) is 3.68. The lowest BCUT2D eigenvalue weighted by Gasteiger charge is -2.28. The Kier molecular flexibility index (Phi) is 4.95. The summed E-state index contributed by atoms with van der Waals surface area (Å²) in [4.78, 5) is 23.2. The van der Waals surface area contributed by atoms with Gasteiger partial charge in [0.25, 0.3) is 0 Å². The van der Waals surface area contributed by atoms with Gasteiger partial charge in [0.15, 0.2) is 5.65 Å². The molecule has 0 unspecified atom stereocenters. The highest BCUT2D eigenvalue weighted by Crippen LogP contribution is 2.27. The van der Waals surface area contributed by atoms with Crippen molar-refractivity contribution in [2.24, 2.45) is 0 Å². The van der Waals surface area contributed by atoms with Gasteiger partial charge in [-0.15, -0.1) is 0 Å². The van der Waals surface area contributed by atoms with Crippen LogP contribution in [0.25, 0.3) is 11.2 Å². The average Bonchev–Trinajstić information content (AvgIpc) is 3.00. The lowest BCUT2D eigenvalue weighted by molar-refractivity contribution is 0.0698. The number of halogens is 1. The van der Waals surface area contributed by atoms with Gasteiger partial charge in [0.1, 0.15) is 17.2 Å². The van der Waals surface area contributed by atoms with E-state index in [9.17, 15) is 9.90 Å². The molecule has 1 aliphatic heterocycles. The Morgan fingerprint density at radius 3 is 2.71 bits per heavy atom. The van der Waals surface area contributed by atoms with Crippen molar-refractivity contribution in [1.82, 2.24) is 14.5 Å². The smallest absolute Gasteiger partial charge is 0.338 e.